The molecule has 11 heteroatoms. The summed E-state index contributed by atoms with van der Waals surface area (Å²) in [4.78, 5) is 13.9. The van der Waals surface area contributed by atoms with E-state index in [0.717, 1.165) is 32.4 Å². The fourth-order valence-corrected chi connectivity index (χ4v) is 50.4. The van der Waals surface area contributed by atoms with E-state index in [1.165, 1.54) is 161 Å². The molecule has 0 radical (unpaired) electrons. The van der Waals surface area contributed by atoms with Gasteiger partial charge in [0, 0.05) is 20.4 Å². The Balaban J connectivity index is 0.000000203. The molecule has 1 heterocycles. The van der Waals surface area contributed by atoms with Gasteiger partial charge < -0.3 is 0 Å². The zero-order valence-corrected chi connectivity index (χ0v) is 85.4. The van der Waals surface area contributed by atoms with E-state index in [9.17, 15) is 4.79 Å². The Kier molecular flexibility index (Phi) is 52.2. The number of carbonyl (C=O) groups is 1. The van der Waals surface area contributed by atoms with Crippen LogP contribution in [0.4, 0.5) is 0 Å². The van der Waals surface area contributed by atoms with Crippen LogP contribution in [0.15, 0.2) is 374 Å². The molecular formula is C110H139NO3P4PdSn2. The quantitative estimate of drug-likeness (QED) is 0.0221. The van der Waals surface area contributed by atoms with E-state index in [0.29, 0.717) is 0 Å². The van der Waals surface area contributed by atoms with Crippen molar-refractivity contribution in [2.45, 2.75) is 184 Å². The molecule has 0 N–H and O–H groups in total. The Morgan fingerprint density at radius 2 is 0.587 bits per heavy atom. The van der Waals surface area contributed by atoms with Crippen LogP contribution in [-0.4, -0.2) is 88.5 Å². The van der Waals surface area contributed by atoms with Crippen molar-refractivity contribution >= 4 is 139 Å². The molecule has 12 aromatic carbocycles. The van der Waals surface area contributed by atoms with Gasteiger partial charge in [0.2, 0.25) is 0 Å². The van der Waals surface area contributed by atoms with Gasteiger partial charge in [-0.05, 0) is 95.3 Å². The molecule has 1 aliphatic heterocycles. The van der Waals surface area contributed by atoms with E-state index >= 15 is 0 Å². The van der Waals surface area contributed by atoms with E-state index in [1.807, 2.05) is 7.11 Å². The molecule has 121 heavy (non-hydrogen) atoms. The van der Waals surface area contributed by atoms with Crippen molar-refractivity contribution in [3.05, 3.63) is 374 Å². The Labute approximate surface area is 762 Å². The minimum atomic E-state index is -2.19. The number of likely N-dealkylation sites (tertiary alicyclic amines) is 1. The molecule has 0 bridgehead atoms. The van der Waals surface area contributed by atoms with Crippen LogP contribution in [-0.2, 0) is 34.7 Å². The number of ether oxygens (including phenoxy) is 2. The van der Waals surface area contributed by atoms with Gasteiger partial charge in [-0.15, -0.1) is 0 Å². The molecule has 0 amide bonds. The second kappa shape index (κ2) is 62.0. The molecule has 1 aliphatic rings. The number of hydrogen-bond acceptors (Lipinski definition) is 4. The topological polar surface area (TPSA) is 38.8 Å². The monoisotopic (exact) mass is 1990 g/mol. The first kappa shape index (κ1) is 102. The van der Waals surface area contributed by atoms with Crippen molar-refractivity contribution in [2.24, 2.45) is 5.92 Å². The van der Waals surface area contributed by atoms with Gasteiger partial charge in [-0.2, -0.15) is 0 Å². The van der Waals surface area contributed by atoms with Crippen LogP contribution in [0, 0.1) is 5.92 Å². The predicted octanol–water partition coefficient (Wildman–Crippen LogP) is 25.0. The van der Waals surface area contributed by atoms with Gasteiger partial charge in [0.15, 0.2) is 0 Å². The fraction of sp³-hybridized carbons (Fsp3) is 0.318. The average molecular weight is 1990 g/mol. The molecule has 0 aliphatic carbocycles. The first-order chi connectivity index (χ1) is 59.1. The van der Waals surface area contributed by atoms with Gasteiger partial charge in [0.05, 0.1) is 0 Å². The van der Waals surface area contributed by atoms with Gasteiger partial charge in [-0.25, -0.2) is 0 Å². The summed E-state index contributed by atoms with van der Waals surface area (Å²) in [5.41, 5.74) is 0. The van der Waals surface area contributed by atoms with Crippen LogP contribution in [0.2, 0.25) is 26.6 Å². The van der Waals surface area contributed by atoms with Crippen molar-refractivity contribution < 1.29 is 34.7 Å². The number of esters is 1. The molecular weight excluding hydrogens is 1850 g/mol. The first-order valence-electron chi connectivity index (χ1n) is 44.9. The van der Waals surface area contributed by atoms with Crippen molar-refractivity contribution in [2.75, 3.05) is 27.2 Å². The Hall–Kier alpha value is -6.25. The van der Waals surface area contributed by atoms with E-state index in [-0.39, 0.29) is 44.5 Å². The molecule has 3 atom stereocenters. The summed E-state index contributed by atoms with van der Waals surface area (Å²) in [6.45, 7) is 17.5. The maximum Gasteiger partial charge on any atom is 0 e. The number of benzene rings is 12. The minimum absolute atomic E-state index is 0. The summed E-state index contributed by atoms with van der Waals surface area (Å²) in [7, 11) is 2.19. The predicted molar refractivity (Wildman–Crippen MR) is 542 cm³/mol. The number of hydrogen-bond donors (Lipinski definition) is 0. The number of allylic oxidation sites excluding steroid dienone is 1. The summed E-state index contributed by atoms with van der Waals surface area (Å²) >= 11 is -3.16. The third-order valence-corrected chi connectivity index (χ3v) is 56.6. The summed E-state index contributed by atoms with van der Waals surface area (Å²) < 4.78 is 24.0. The molecule has 0 saturated carbocycles. The van der Waals surface area contributed by atoms with Crippen LogP contribution < -0.4 is 63.7 Å². The Morgan fingerprint density at radius 3 is 0.777 bits per heavy atom. The second-order valence-electron chi connectivity index (χ2n) is 31.5. The number of piperidine rings is 1. The number of unbranched alkanes of at least 4 members (excludes halogenated alkanes) is 6. The van der Waals surface area contributed by atoms with Crippen molar-refractivity contribution in [3.63, 3.8) is 0 Å². The van der Waals surface area contributed by atoms with E-state index in [2.05, 4.69) is 428 Å². The van der Waals surface area contributed by atoms with Crippen LogP contribution >= 0.6 is 31.7 Å². The van der Waals surface area contributed by atoms with Crippen molar-refractivity contribution in [3.8, 4) is 0 Å². The summed E-state index contributed by atoms with van der Waals surface area (Å²) in [6, 6.07) is 129. The summed E-state index contributed by atoms with van der Waals surface area (Å²) in [5.74, 6) is 0.0884. The molecule has 1 saturated heterocycles. The third-order valence-electron chi connectivity index (χ3n) is 22.1. The van der Waals surface area contributed by atoms with E-state index < -0.39 is 69.8 Å². The van der Waals surface area contributed by atoms with Gasteiger partial charge in [0.1, 0.15) is 0 Å². The zero-order valence-electron chi connectivity index (χ0n) is 74.1. The molecule has 0 aromatic heterocycles. The SMILES string of the molecule is CCC[CH2][SnH]([CH2]CCC)[CH2]CCC.CCC[CH2][Sn]([CH]=CCCC(OC)C1CN(C)CCC1OC(C)=O)([CH2]CCC)[CH2]CCC.[Pd].c1ccc(P(c2ccccc2)c2ccccc2)cc1.c1ccc(P(c2ccccc2)c2ccccc2)cc1.c1ccc(P(c2ccccc2)c2ccccc2)cc1.c1ccc(P(c2ccccc2)c2ccccc2)cc1. The number of rotatable bonds is 37. The molecule has 640 valence electrons. The average Bonchev–Trinajstić information content (AvgIpc) is 0.832. The van der Waals surface area contributed by atoms with Gasteiger partial charge >= 0.3 is 290 Å². The Bertz CT molecular complexity index is 3650. The van der Waals surface area contributed by atoms with Crippen LogP contribution in [0.25, 0.3) is 0 Å². The largest absolute Gasteiger partial charge is 0.0622 e. The zero-order chi connectivity index (χ0) is 84.7. The fourth-order valence-electron chi connectivity index (χ4n) is 15.8. The van der Waals surface area contributed by atoms with Crippen LogP contribution in [0.3, 0.4) is 0 Å². The maximum absolute atomic E-state index is 11.6. The molecule has 4 nitrogen and oxygen atoms in total. The summed E-state index contributed by atoms with van der Waals surface area (Å²) in [5, 5.41) is 16.8. The van der Waals surface area contributed by atoms with Gasteiger partial charge in [0.25, 0.3) is 0 Å². The molecule has 13 rings (SSSR count). The maximum atomic E-state index is 11.6. The first-order valence-corrected chi connectivity index (χ1v) is 65.0. The number of nitrogens with zero attached hydrogens (tertiary/aromatic N) is 1. The summed E-state index contributed by atoms with van der Waals surface area (Å²) in [6.07, 6.45) is 22.7. The van der Waals surface area contributed by atoms with Crippen LogP contribution in [0.5, 0.6) is 0 Å². The molecule has 3 unspecified atom stereocenters. The van der Waals surface area contributed by atoms with Gasteiger partial charge in [-0.3, -0.25) is 0 Å². The standard InChI is InChI=1S/4C18H15P.C14H24NO3.6C4H9.Pd.2Sn.H/c4*1-4-10-16(11-5-1)19(17-12-6-2-7-13-17)18-14-8-3-9-15-18;1-5-6-7-13(17-4)12-10-15(3)9-8-14(12)18-11(2)16;6*1-3-4-2;;;;/h4*1-15H;1,5,12-14H,6-10H2,2-4H3;6*1,3-4H2,2H3;;;;. The van der Waals surface area contributed by atoms with E-state index in [1.54, 1.807) is 13.3 Å². The van der Waals surface area contributed by atoms with Crippen molar-refractivity contribution in [1.29, 1.82) is 0 Å². The molecule has 0 spiro atoms. The molecule has 1 fully saturated rings. The van der Waals surface area contributed by atoms with Crippen molar-refractivity contribution in [1.82, 2.24) is 4.90 Å². The van der Waals surface area contributed by atoms with Gasteiger partial charge in [-0.1, -0.05) is 364 Å². The third kappa shape index (κ3) is 37.1. The number of carbonyl (C=O) groups excluding carboxylic acids is 1. The minimum Gasteiger partial charge on any atom is -0.0622 e. The smallest absolute Gasteiger partial charge is 0 e. The second-order valence-corrected chi connectivity index (χ2v) is 63.2. The molecule has 12 aromatic rings. The number of methoxy groups -OCH3 is 1. The van der Waals surface area contributed by atoms with E-state index in [4.69, 9.17) is 9.47 Å². The Morgan fingerprint density at radius 1 is 0.372 bits per heavy atom. The normalized spacial score (nSPS) is 13.3. The van der Waals surface area contributed by atoms with Crippen LogP contribution in [0.1, 0.15) is 145 Å².